The van der Waals surface area contributed by atoms with Crippen LogP contribution in [0.4, 0.5) is 11.5 Å². The van der Waals surface area contributed by atoms with Gasteiger partial charge in [0.05, 0.1) is 0 Å². The minimum atomic E-state index is 0.794. The lowest BCUT2D eigenvalue weighted by molar-refractivity contribution is 1.06. The van der Waals surface area contributed by atoms with Gasteiger partial charge in [0, 0.05) is 22.0 Å². The number of hydrogen-bond acceptors (Lipinski definition) is 3. The topological polar surface area (TPSA) is 37.8 Å². The third-order valence-electron chi connectivity index (χ3n) is 4.43. The lowest BCUT2D eigenvalue weighted by Crippen LogP contribution is -2.01. The van der Waals surface area contributed by atoms with Gasteiger partial charge >= 0.3 is 0 Å². The highest BCUT2D eigenvalue weighted by Crippen LogP contribution is 2.35. The van der Waals surface area contributed by atoms with Crippen LogP contribution in [0.1, 0.15) is 11.1 Å². The second kappa shape index (κ2) is 6.36. The average molecular weight is 325 g/mol. The monoisotopic (exact) mass is 325 g/mol. The van der Waals surface area contributed by atoms with Crippen molar-refractivity contribution < 1.29 is 0 Å². The van der Waals surface area contributed by atoms with Gasteiger partial charge in [-0.15, -0.1) is 10.2 Å². The Hall–Kier alpha value is -3.20. The van der Waals surface area contributed by atoms with Gasteiger partial charge in [0.15, 0.2) is 5.82 Å². The highest BCUT2D eigenvalue weighted by Gasteiger charge is 2.15. The number of anilines is 2. The van der Waals surface area contributed by atoms with E-state index in [0.717, 1.165) is 33.5 Å². The van der Waals surface area contributed by atoms with E-state index < -0.39 is 0 Å². The van der Waals surface area contributed by atoms with Crippen LogP contribution in [0, 0.1) is 13.8 Å². The van der Waals surface area contributed by atoms with Crippen LogP contribution >= 0.6 is 0 Å². The molecule has 0 amide bonds. The summed E-state index contributed by atoms with van der Waals surface area (Å²) in [7, 11) is 0. The van der Waals surface area contributed by atoms with Gasteiger partial charge in [-0.3, -0.25) is 0 Å². The molecule has 0 radical (unpaired) electrons. The van der Waals surface area contributed by atoms with Crippen LogP contribution in [0.3, 0.4) is 0 Å². The number of hydrogen-bond donors (Lipinski definition) is 1. The Kier molecular flexibility index (Phi) is 3.90. The molecule has 122 valence electrons. The van der Waals surface area contributed by atoms with Crippen molar-refractivity contribution in [1.29, 1.82) is 0 Å². The summed E-state index contributed by atoms with van der Waals surface area (Å²) in [6, 6.07) is 24.6. The minimum Gasteiger partial charge on any atom is -0.338 e. The molecule has 0 unspecified atom stereocenters. The van der Waals surface area contributed by atoms with Gasteiger partial charge in [-0.1, -0.05) is 60.7 Å². The number of fused-ring (bicyclic) bond motifs is 1. The fraction of sp³-hybridized carbons (Fsp3) is 0.0909. The minimum absolute atomic E-state index is 0.794. The van der Waals surface area contributed by atoms with Crippen LogP contribution in [0.15, 0.2) is 72.8 Å². The van der Waals surface area contributed by atoms with Crippen molar-refractivity contribution in [2.75, 3.05) is 5.32 Å². The number of aryl methyl sites for hydroxylation is 2. The molecule has 0 aliphatic carbocycles. The number of rotatable bonds is 3. The van der Waals surface area contributed by atoms with Gasteiger partial charge in [0.2, 0.25) is 0 Å². The highest BCUT2D eigenvalue weighted by atomic mass is 15.2. The summed E-state index contributed by atoms with van der Waals surface area (Å²) in [6.07, 6.45) is 0. The van der Waals surface area contributed by atoms with E-state index in [2.05, 4.69) is 53.6 Å². The Bertz CT molecular complexity index is 1030. The number of nitrogens with zero attached hydrogens (tertiary/aromatic N) is 2. The van der Waals surface area contributed by atoms with Crippen molar-refractivity contribution in [3.05, 3.63) is 83.9 Å². The van der Waals surface area contributed by atoms with E-state index in [9.17, 15) is 0 Å². The smallest absolute Gasteiger partial charge is 0.161 e. The van der Waals surface area contributed by atoms with E-state index in [1.165, 1.54) is 11.1 Å². The van der Waals surface area contributed by atoms with Crippen LogP contribution in [-0.4, -0.2) is 10.2 Å². The van der Waals surface area contributed by atoms with Crippen molar-refractivity contribution in [2.45, 2.75) is 13.8 Å². The van der Waals surface area contributed by atoms with Crippen molar-refractivity contribution >= 4 is 22.3 Å². The van der Waals surface area contributed by atoms with Crippen molar-refractivity contribution in [1.82, 2.24) is 10.2 Å². The Morgan fingerprint density at radius 1 is 0.640 bits per heavy atom. The molecule has 0 spiro atoms. The molecule has 3 nitrogen and oxygen atoms in total. The lowest BCUT2D eigenvalue weighted by atomic mass is 9.97. The Balaban J connectivity index is 1.97. The molecule has 25 heavy (non-hydrogen) atoms. The van der Waals surface area contributed by atoms with E-state index in [-0.39, 0.29) is 0 Å². The van der Waals surface area contributed by atoms with Crippen LogP contribution in [0.2, 0.25) is 0 Å². The van der Waals surface area contributed by atoms with E-state index in [4.69, 9.17) is 0 Å². The second-order valence-corrected chi connectivity index (χ2v) is 6.20. The summed E-state index contributed by atoms with van der Waals surface area (Å²) in [6.45, 7) is 4.25. The van der Waals surface area contributed by atoms with Crippen LogP contribution in [-0.2, 0) is 0 Å². The molecule has 1 N–H and O–H groups in total. The van der Waals surface area contributed by atoms with E-state index >= 15 is 0 Å². The molecule has 0 atom stereocenters. The normalized spacial score (nSPS) is 10.8. The fourth-order valence-electron chi connectivity index (χ4n) is 3.17. The molecule has 4 aromatic rings. The zero-order valence-electron chi connectivity index (χ0n) is 14.3. The first-order valence-corrected chi connectivity index (χ1v) is 8.38. The molecule has 0 saturated carbocycles. The van der Waals surface area contributed by atoms with Crippen LogP contribution in [0.25, 0.3) is 22.0 Å². The van der Waals surface area contributed by atoms with Crippen LogP contribution < -0.4 is 5.32 Å². The maximum Gasteiger partial charge on any atom is 0.161 e. The summed E-state index contributed by atoms with van der Waals surface area (Å²) in [4.78, 5) is 0. The molecule has 0 fully saturated rings. The van der Waals surface area contributed by atoms with Crippen molar-refractivity contribution in [3.63, 3.8) is 0 Å². The highest BCUT2D eigenvalue weighted by molar-refractivity contribution is 6.04. The molecule has 3 heteroatoms. The summed E-state index contributed by atoms with van der Waals surface area (Å²) in [5, 5.41) is 14.8. The molecule has 0 aliphatic heterocycles. The standard InChI is InChI=1S/C22H19N3/c1-15-13-14-16(2)20-19(15)21(17-9-5-3-6-10-17)24-25-22(20)23-18-11-7-4-8-12-18/h3-14H,1-2H3,(H,23,25). The second-order valence-electron chi connectivity index (χ2n) is 6.20. The summed E-state index contributed by atoms with van der Waals surface area (Å²) >= 11 is 0. The van der Waals surface area contributed by atoms with E-state index in [1.807, 2.05) is 48.5 Å². The molecule has 1 aromatic heterocycles. The molecular weight excluding hydrogens is 306 g/mol. The first kappa shape index (κ1) is 15.3. The Morgan fingerprint density at radius 2 is 1.24 bits per heavy atom. The van der Waals surface area contributed by atoms with Gasteiger partial charge in [-0.05, 0) is 37.1 Å². The van der Waals surface area contributed by atoms with E-state index in [1.54, 1.807) is 0 Å². The zero-order valence-corrected chi connectivity index (χ0v) is 14.3. The van der Waals surface area contributed by atoms with Gasteiger partial charge in [-0.2, -0.15) is 0 Å². The first-order chi connectivity index (χ1) is 12.2. The molecule has 0 bridgehead atoms. The quantitative estimate of drug-likeness (QED) is 0.528. The van der Waals surface area contributed by atoms with Gasteiger partial charge in [-0.25, -0.2) is 0 Å². The predicted molar refractivity (Wildman–Crippen MR) is 104 cm³/mol. The van der Waals surface area contributed by atoms with Crippen molar-refractivity contribution in [3.8, 4) is 11.3 Å². The largest absolute Gasteiger partial charge is 0.338 e. The third kappa shape index (κ3) is 2.85. The molecule has 3 aromatic carbocycles. The van der Waals surface area contributed by atoms with Gasteiger partial charge in [0.1, 0.15) is 5.69 Å². The number of benzene rings is 3. The fourth-order valence-corrected chi connectivity index (χ4v) is 3.17. The van der Waals surface area contributed by atoms with E-state index in [0.29, 0.717) is 0 Å². The molecule has 1 heterocycles. The maximum absolute atomic E-state index is 4.56. The summed E-state index contributed by atoms with van der Waals surface area (Å²) in [5.41, 5.74) is 5.40. The first-order valence-electron chi connectivity index (χ1n) is 8.38. The zero-order chi connectivity index (χ0) is 17.2. The Labute approximate surface area is 147 Å². The van der Waals surface area contributed by atoms with Gasteiger partial charge < -0.3 is 5.32 Å². The molecule has 0 saturated heterocycles. The third-order valence-corrected chi connectivity index (χ3v) is 4.43. The summed E-state index contributed by atoms with van der Waals surface area (Å²) < 4.78 is 0. The molecular formula is C22H19N3. The maximum atomic E-state index is 4.56. The molecule has 0 aliphatic rings. The number of nitrogens with one attached hydrogen (secondary N) is 1. The number of aromatic nitrogens is 2. The van der Waals surface area contributed by atoms with Crippen LogP contribution in [0.5, 0.6) is 0 Å². The Morgan fingerprint density at radius 3 is 1.92 bits per heavy atom. The van der Waals surface area contributed by atoms with Gasteiger partial charge in [0.25, 0.3) is 0 Å². The lowest BCUT2D eigenvalue weighted by Gasteiger charge is -2.15. The van der Waals surface area contributed by atoms with Crippen molar-refractivity contribution in [2.24, 2.45) is 0 Å². The average Bonchev–Trinajstić information content (AvgIpc) is 2.66. The molecule has 4 rings (SSSR count). The number of para-hydroxylation sites is 1. The predicted octanol–water partition coefficient (Wildman–Crippen LogP) is 5.66. The SMILES string of the molecule is Cc1ccc(C)c2c(-c3ccccc3)nnc(Nc3ccccc3)c12. The summed E-state index contributed by atoms with van der Waals surface area (Å²) in [5.74, 6) is 0.794.